The number of benzene rings is 1. The Bertz CT molecular complexity index is 831. The lowest BCUT2D eigenvalue weighted by atomic mass is 10.3. The average molecular weight is 397 g/mol. The zero-order valence-electron chi connectivity index (χ0n) is 11.9. The highest BCUT2D eigenvalue weighted by molar-refractivity contribution is 14.1. The second-order valence-corrected chi connectivity index (χ2v) is 6.36. The Morgan fingerprint density at radius 2 is 2.19 bits per heavy atom. The summed E-state index contributed by atoms with van der Waals surface area (Å²) in [6.07, 6.45) is 2.98. The SMILES string of the molecule is CCC(C)n1ccc(Cn2c(=O)oc3ccc(I)cc32)n1. The van der Waals surface area contributed by atoms with Crippen molar-refractivity contribution >= 4 is 33.7 Å². The fourth-order valence-corrected chi connectivity index (χ4v) is 2.72. The lowest BCUT2D eigenvalue weighted by Crippen LogP contribution is -2.15. The Labute approximate surface area is 135 Å². The molecule has 0 spiro atoms. The molecule has 0 N–H and O–H groups in total. The van der Waals surface area contributed by atoms with Crippen LogP contribution in [0, 0.1) is 3.57 Å². The molecule has 6 heteroatoms. The summed E-state index contributed by atoms with van der Waals surface area (Å²) in [7, 11) is 0. The normalized spacial score (nSPS) is 12.9. The van der Waals surface area contributed by atoms with Crippen LogP contribution in [0.4, 0.5) is 0 Å². The van der Waals surface area contributed by atoms with E-state index in [1.165, 1.54) is 0 Å². The second-order valence-electron chi connectivity index (χ2n) is 5.11. The molecule has 1 atom stereocenters. The van der Waals surface area contributed by atoms with Gasteiger partial charge in [0, 0.05) is 15.8 Å². The predicted molar refractivity (Wildman–Crippen MR) is 89.5 cm³/mol. The Morgan fingerprint density at radius 3 is 2.95 bits per heavy atom. The van der Waals surface area contributed by atoms with E-state index in [9.17, 15) is 4.79 Å². The lowest BCUT2D eigenvalue weighted by molar-refractivity contribution is 0.469. The van der Waals surface area contributed by atoms with Crippen LogP contribution in [0.2, 0.25) is 0 Å². The van der Waals surface area contributed by atoms with Crippen LogP contribution >= 0.6 is 22.6 Å². The number of nitrogens with zero attached hydrogens (tertiary/aromatic N) is 3. The maximum Gasteiger partial charge on any atom is 0.420 e. The van der Waals surface area contributed by atoms with Crippen molar-refractivity contribution in [1.29, 1.82) is 0 Å². The minimum absolute atomic E-state index is 0.343. The zero-order chi connectivity index (χ0) is 15.0. The molecule has 0 aliphatic carbocycles. The van der Waals surface area contributed by atoms with Gasteiger partial charge in [0.15, 0.2) is 5.58 Å². The van der Waals surface area contributed by atoms with Crippen molar-refractivity contribution in [2.24, 2.45) is 0 Å². The topological polar surface area (TPSA) is 53.0 Å². The molecule has 21 heavy (non-hydrogen) atoms. The summed E-state index contributed by atoms with van der Waals surface area (Å²) < 4.78 is 9.90. The molecule has 3 rings (SSSR count). The summed E-state index contributed by atoms with van der Waals surface area (Å²) in [6.45, 7) is 4.68. The third-order valence-electron chi connectivity index (χ3n) is 3.66. The van der Waals surface area contributed by atoms with E-state index in [0.29, 0.717) is 18.2 Å². The average Bonchev–Trinajstić information content (AvgIpc) is 3.05. The van der Waals surface area contributed by atoms with Crippen molar-refractivity contribution in [2.45, 2.75) is 32.9 Å². The molecule has 3 aromatic rings. The molecule has 0 aliphatic heterocycles. The van der Waals surface area contributed by atoms with Gasteiger partial charge in [0.1, 0.15) is 0 Å². The van der Waals surface area contributed by atoms with Crippen molar-refractivity contribution in [3.8, 4) is 0 Å². The molecule has 0 bridgehead atoms. The fraction of sp³-hybridized carbons (Fsp3) is 0.333. The number of hydrogen-bond donors (Lipinski definition) is 0. The molecule has 0 radical (unpaired) electrons. The maximum atomic E-state index is 12.0. The summed E-state index contributed by atoms with van der Waals surface area (Å²) in [5.41, 5.74) is 2.28. The van der Waals surface area contributed by atoms with Gasteiger partial charge in [-0.1, -0.05) is 6.92 Å². The van der Waals surface area contributed by atoms with Crippen LogP contribution in [0.1, 0.15) is 32.0 Å². The van der Waals surface area contributed by atoms with Gasteiger partial charge >= 0.3 is 5.76 Å². The predicted octanol–water partition coefficient (Wildman–Crippen LogP) is 3.41. The Morgan fingerprint density at radius 1 is 1.38 bits per heavy atom. The van der Waals surface area contributed by atoms with Crippen LogP contribution in [-0.4, -0.2) is 14.3 Å². The van der Waals surface area contributed by atoms with Crippen LogP contribution < -0.4 is 5.76 Å². The third-order valence-corrected chi connectivity index (χ3v) is 4.33. The summed E-state index contributed by atoms with van der Waals surface area (Å²) in [5, 5.41) is 4.54. The van der Waals surface area contributed by atoms with E-state index in [1.807, 2.05) is 35.1 Å². The zero-order valence-corrected chi connectivity index (χ0v) is 14.1. The number of hydrogen-bond acceptors (Lipinski definition) is 3. The second kappa shape index (κ2) is 5.67. The van der Waals surface area contributed by atoms with Gasteiger partial charge in [-0.2, -0.15) is 5.10 Å². The van der Waals surface area contributed by atoms with Gasteiger partial charge in [-0.05, 0) is 60.2 Å². The van der Waals surface area contributed by atoms with Gasteiger partial charge < -0.3 is 4.42 Å². The molecule has 5 nitrogen and oxygen atoms in total. The Kier molecular flexibility index (Phi) is 3.88. The van der Waals surface area contributed by atoms with E-state index >= 15 is 0 Å². The van der Waals surface area contributed by atoms with E-state index in [0.717, 1.165) is 21.2 Å². The standard InChI is InChI=1S/C15H16IN3O2/c1-3-10(2)19-7-6-12(17-19)9-18-13-8-11(16)4-5-14(13)21-15(18)20/h4-8,10H,3,9H2,1-2H3. The first-order valence-electron chi connectivity index (χ1n) is 6.91. The molecule has 0 saturated heterocycles. The minimum atomic E-state index is -0.343. The molecule has 1 aromatic carbocycles. The van der Waals surface area contributed by atoms with E-state index in [1.54, 1.807) is 4.57 Å². The van der Waals surface area contributed by atoms with Crippen LogP contribution in [0.5, 0.6) is 0 Å². The van der Waals surface area contributed by atoms with Crippen LogP contribution in [0.3, 0.4) is 0 Å². The van der Waals surface area contributed by atoms with Crippen LogP contribution in [0.25, 0.3) is 11.1 Å². The Balaban J connectivity index is 1.98. The van der Waals surface area contributed by atoms with Gasteiger partial charge in [0.2, 0.25) is 0 Å². The number of oxazole rings is 1. The number of halogens is 1. The van der Waals surface area contributed by atoms with Crippen molar-refractivity contribution in [3.63, 3.8) is 0 Å². The monoisotopic (exact) mass is 397 g/mol. The largest absolute Gasteiger partial charge is 0.420 e. The summed E-state index contributed by atoms with van der Waals surface area (Å²) in [5.74, 6) is -0.343. The summed E-state index contributed by atoms with van der Waals surface area (Å²) in [6, 6.07) is 8.01. The Hall–Kier alpha value is -1.57. The van der Waals surface area contributed by atoms with E-state index in [-0.39, 0.29) is 5.76 Å². The third kappa shape index (κ3) is 2.76. The molecule has 110 valence electrons. The molecular weight excluding hydrogens is 381 g/mol. The van der Waals surface area contributed by atoms with E-state index in [4.69, 9.17) is 4.42 Å². The molecule has 0 saturated carbocycles. The van der Waals surface area contributed by atoms with Gasteiger partial charge in [0.25, 0.3) is 0 Å². The summed E-state index contributed by atoms with van der Waals surface area (Å²) in [4.78, 5) is 12.0. The van der Waals surface area contributed by atoms with Gasteiger partial charge in [-0.15, -0.1) is 0 Å². The minimum Gasteiger partial charge on any atom is -0.408 e. The molecule has 0 fully saturated rings. The van der Waals surface area contributed by atoms with Gasteiger partial charge in [-0.3, -0.25) is 9.25 Å². The van der Waals surface area contributed by atoms with Crippen LogP contribution in [-0.2, 0) is 6.54 Å². The molecule has 0 amide bonds. The van der Waals surface area contributed by atoms with Crippen LogP contribution in [0.15, 0.2) is 39.7 Å². The number of rotatable bonds is 4. The van der Waals surface area contributed by atoms with Gasteiger partial charge in [-0.25, -0.2) is 4.79 Å². The van der Waals surface area contributed by atoms with E-state index < -0.39 is 0 Å². The quantitative estimate of drug-likeness (QED) is 0.634. The van der Waals surface area contributed by atoms with E-state index in [2.05, 4.69) is 41.5 Å². The lowest BCUT2D eigenvalue weighted by Gasteiger charge is -2.08. The maximum absolute atomic E-state index is 12.0. The van der Waals surface area contributed by atoms with Crippen molar-refractivity contribution in [1.82, 2.24) is 14.3 Å². The first-order chi connectivity index (χ1) is 10.1. The van der Waals surface area contributed by atoms with Crippen molar-refractivity contribution in [3.05, 3.63) is 50.3 Å². The molecule has 2 heterocycles. The molecule has 1 unspecified atom stereocenters. The summed E-state index contributed by atoms with van der Waals surface area (Å²) >= 11 is 2.23. The number of aromatic nitrogens is 3. The molecule has 2 aromatic heterocycles. The first kappa shape index (κ1) is 14.4. The van der Waals surface area contributed by atoms with Gasteiger partial charge in [0.05, 0.1) is 17.8 Å². The van der Waals surface area contributed by atoms with Crippen molar-refractivity contribution < 1.29 is 4.42 Å². The highest BCUT2D eigenvalue weighted by Gasteiger charge is 2.12. The molecule has 0 aliphatic rings. The number of fused-ring (bicyclic) bond motifs is 1. The fourth-order valence-electron chi connectivity index (χ4n) is 2.24. The van der Waals surface area contributed by atoms with Crippen molar-refractivity contribution in [2.75, 3.05) is 0 Å². The highest BCUT2D eigenvalue weighted by atomic mass is 127. The highest BCUT2D eigenvalue weighted by Crippen LogP contribution is 2.17. The smallest absolute Gasteiger partial charge is 0.408 e. The first-order valence-corrected chi connectivity index (χ1v) is 7.99. The molecular formula is C15H16IN3O2.